The Morgan fingerprint density at radius 1 is 0.649 bits per heavy atom. The van der Waals surface area contributed by atoms with E-state index in [9.17, 15) is 0 Å². The predicted molar refractivity (Wildman–Crippen MR) is 147 cm³/mol. The fourth-order valence-corrected chi connectivity index (χ4v) is 41.2. The third kappa shape index (κ3) is 3.89. The number of hydrogen-bond donors (Lipinski definition) is 0. The molecule has 0 nitrogen and oxygen atoms in total. The van der Waals surface area contributed by atoms with Gasteiger partial charge in [0.15, 0.2) is 0 Å². The van der Waals surface area contributed by atoms with Crippen LogP contribution in [0.1, 0.15) is 86.5 Å². The normalized spacial score (nSPS) is 27.9. The Morgan fingerprint density at radius 3 is 1.46 bits per heavy atom. The maximum Gasteiger partial charge on any atom is -1.00 e. The zero-order valence-corrected chi connectivity index (χ0v) is 29.5. The van der Waals surface area contributed by atoms with E-state index in [4.69, 9.17) is 0 Å². The van der Waals surface area contributed by atoms with Crippen molar-refractivity contribution < 1.29 is 44.9 Å². The molecular formula is C33H40Cl2HfSi. The van der Waals surface area contributed by atoms with Crippen LogP contribution in [0.25, 0.3) is 0 Å². The SMILES string of the molecule is CC1=[C]([Hf+2]([C]2=C(C)C=C3C(C)=C4CCCC4C(C)=C32)=[Si]2CCC2)C2=C(C)C3CCCC3=C(C)C2=C1.[Cl-].[Cl-]. The van der Waals surface area contributed by atoms with Gasteiger partial charge in [-0.1, -0.05) is 0 Å². The summed E-state index contributed by atoms with van der Waals surface area (Å²) in [4.78, 5) is 0. The first-order valence-corrected chi connectivity index (χ1v) is 25.2. The van der Waals surface area contributed by atoms with Crippen molar-refractivity contribution in [3.8, 4) is 0 Å². The average Bonchev–Trinajstić information content (AvgIpc) is 3.57. The van der Waals surface area contributed by atoms with Gasteiger partial charge in [-0.05, 0) is 0 Å². The smallest absolute Gasteiger partial charge is 1.00 e. The van der Waals surface area contributed by atoms with Crippen molar-refractivity contribution in [2.24, 2.45) is 11.8 Å². The molecule has 1 heterocycles. The molecule has 0 N–H and O–H groups in total. The summed E-state index contributed by atoms with van der Waals surface area (Å²) in [5.41, 5.74) is 20.5. The molecule has 4 heteroatoms. The molecule has 0 radical (unpaired) electrons. The van der Waals surface area contributed by atoms with Crippen molar-refractivity contribution in [1.82, 2.24) is 0 Å². The van der Waals surface area contributed by atoms with E-state index in [0.29, 0.717) is 0 Å². The topological polar surface area (TPSA) is 0 Å². The third-order valence-corrected chi connectivity index (χ3v) is 38.6. The standard InChI is InChI=1S/2C15H17.C3H6Si.2ClH.Hf/c2*1-9-7-14-10(2)12-5-4-6-13(12)11(3)15(14)8-9;1-2-4-3-1;;;/h2*7,13H,4-6H2,1-3H3;1-3H2;2*1H;/q;;;;;+2/p-2. The maximum absolute atomic E-state index is 2.65. The van der Waals surface area contributed by atoms with Crippen LogP contribution in [0.2, 0.25) is 12.1 Å². The van der Waals surface area contributed by atoms with Crippen LogP contribution < -0.4 is 24.8 Å². The second-order valence-corrected chi connectivity index (χ2v) is 32.6. The molecule has 7 rings (SSSR count). The molecule has 0 aromatic carbocycles. The van der Waals surface area contributed by atoms with Gasteiger partial charge in [-0.15, -0.1) is 0 Å². The molecule has 3 fully saturated rings. The number of halogens is 2. The van der Waals surface area contributed by atoms with E-state index >= 15 is 0 Å². The Labute approximate surface area is 244 Å². The van der Waals surface area contributed by atoms with Gasteiger partial charge < -0.3 is 24.8 Å². The van der Waals surface area contributed by atoms with Gasteiger partial charge in [-0.2, -0.15) is 0 Å². The van der Waals surface area contributed by atoms with Crippen molar-refractivity contribution in [1.29, 1.82) is 0 Å². The monoisotopic (exact) mass is 714 g/mol. The second-order valence-electron chi connectivity index (χ2n) is 12.4. The summed E-state index contributed by atoms with van der Waals surface area (Å²) in [6.45, 7) is 15.0. The van der Waals surface area contributed by atoms with Gasteiger partial charge in [-0.25, -0.2) is 0 Å². The van der Waals surface area contributed by atoms with Crippen LogP contribution in [0.3, 0.4) is 0 Å². The van der Waals surface area contributed by atoms with Gasteiger partial charge in [0.1, 0.15) is 0 Å². The number of allylic oxidation sites excluding steroid dienone is 16. The van der Waals surface area contributed by atoms with E-state index in [1.165, 1.54) is 44.9 Å². The molecule has 0 spiro atoms. The summed E-state index contributed by atoms with van der Waals surface area (Å²) in [5.74, 6) is 1.51. The molecule has 0 amide bonds. The minimum absolute atomic E-state index is 0. The minimum Gasteiger partial charge on any atom is -1.00 e. The summed E-state index contributed by atoms with van der Waals surface area (Å²) < 4.78 is 3.95. The molecule has 2 saturated carbocycles. The summed E-state index contributed by atoms with van der Waals surface area (Å²) in [6, 6.07) is 3.19. The van der Waals surface area contributed by atoms with Crippen LogP contribution in [-0.4, -0.2) is 5.49 Å². The van der Waals surface area contributed by atoms with Crippen LogP contribution in [0.5, 0.6) is 0 Å². The van der Waals surface area contributed by atoms with E-state index in [1.54, 1.807) is 79.0 Å². The second kappa shape index (κ2) is 10.2. The van der Waals surface area contributed by atoms with Crippen LogP contribution in [0, 0.1) is 11.8 Å². The summed E-state index contributed by atoms with van der Waals surface area (Å²) in [7, 11) is 0. The van der Waals surface area contributed by atoms with Crippen LogP contribution >= 0.6 is 0 Å². The molecule has 6 aliphatic carbocycles. The van der Waals surface area contributed by atoms with Gasteiger partial charge in [0.25, 0.3) is 0 Å². The summed E-state index contributed by atoms with van der Waals surface area (Å²) in [6.07, 6.45) is 15.1. The first kappa shape index (κ1) is 28.1. The number of rotatable bonds is 2. The molecule has 2 atom stereocenters. The first-order valence-electron chi connectivity index (χ1n) is 14.3. The Kier molecular flexibility index (Phi) is 7.76. The van der Waals surface area contributed by atoms with Crippen molar-refractivity contribution in [3.63, 3.8) is 0 Å². The zero-order valence-electron chi connectivity index (χ0n) is 23.4. The average molecular weight is 714 g/mol. The van der Waals surface area contributed by atoms with Crippen molar-refractivity contribution in [2.75, 3.05) is 0 Å². The molecule has 7 aliphatic rings. The zero-order chi connectivity index (χ0) is 24.2. The molecule has 0 bridgehead atoms. The summed E-state index contributed by atoms with van der Waals surface area (Å²) >= 11 is -2.29. The molecule has 2 unspecified atom stereocenters. The molecule has 1 aliphatic heterocycles. The van der Waals surface area contributed by atoms with Gasteiger partial charge in [0, 0.05) is 0 Å². The molecule has 0 aromatic rings. The minimum atomic E-state index is -2.29. The van der Waals surface area contributed by atoms with E-state index in [2.05, 4.69) is 53.7 Å². The molecule has 1 saturated heterocycles. The Hall–Kier alpha value is -0.413. The summed E-state index contributed by atoms with van der Waals surface area (Å²) in [5, 5.41) is 0. The van der Waals surface area contributed by atoms with Gasteiger partial charge in [0.05, 0.1) is 0 Å². The van der Waals surface area contributed by atoms with Crippen LogP contribution in [0.4, 0.5) is 0 Å². The fraction of sp³-hybridized carbons (Fsp3) is 0.515. The van der Waals surface area contributed by atoms with Crippen molar-refractivity contribution in [2.45, 2.75) is 98.6 Å². The van der Waals surface area contributed by atoms with Crippen molar-refractivity contribution in [3.05, 3.63) is 85.7 Å². The number of hydrogen-bond acceptors (Lipinski definition) is 0. The Balaban J connectivity index is 0.00000140. The maximum atomic E-state index is 2.65. The van der Waals surface area contributed by atoms with E-state index in [-0.39, 0.29) is 30.3 Å². The van der Waals surface area contributed by atoms with Crippen LogP contribution in [-0.2, 0) is 20.1 Å². The van der Waals surface area contributed by atoms with Gasteiger partial charge in [-0.3, -0.25) is 0 Å². The number of fused-ring (bicyclic) bond motifs is 4. The quantitative estimate of drug-likeness (QED) is 0.386. The Bertz CT molecular complexity index is 1310. The van der Waals surface area contributed by atoms with E-state index in [0.717, 1.165) is 11.8 Å². The molecule has 194 valence electrons. The molecular weight excluding hydrogens is 674 g/mol. The van der Waals surface area contributed by atoms with Crippen molar-refractivity contribution >= 4 is 5.49 Å². The molecule has 0 aromatic heterocycles. The largest absolute Gasteiger partial charge is 1.00 e. The van der Waals surface area contributed by atoms with Gasteiger partial charge in [0.2, 0.25) is 0 Å². The predicted octanol–water partition coefficient (Wildman–Crippen LogP) is 3.33. The van der Waals surface area contributed by atoms with Gasteiger partial charge >= 0.3 is 222 Å². The first-order chi connectivity index (χ1) is 16.9. The molecule has 37 heavy (non-hydrogen) atoms. The van der Waals surface area contributed by atoms with E-state index in [1.807, 2.05) is 6.66 Å². The van der Waals surface area contributed by atoms with Crippen LogP contribution in [0.15, 0.2) is 85.7 Å². The fourth-order valence-electron chi connectivity index (χ4n) is 8.76. The Morgan fingerprint density at radius 2 is 1.08 bits per heavy atom. The third-order valence-electron chi connectivity index (χ3n) is 10.7. The van der Waals surface area contributed by atoms with E-state index < -0.39 is 20.1 Å².